The van der Waals surface area contributed by atoms with Gasteiger partial charge in [0.25, 0.3) is 0 Å². The molecule has 1 aromatic carbocycles. The fourth-order valence-corrected chi connectivity index (χ4v) is 4.11. The highest BCUT2D eigenvalue weighted by molar-refractivity contribution is 5.88. The number of esters is 1. The minimum absolute atomic E-state index is 0.353. The van der Waals surface area contributed by atoms with E-state index in [4.69, 9.17) is 9.47 Å². The van der Waals surface area contributed by atoms with E-state index >= 15 is 0 Å². The lowest BCUT2D eigenvalue weighted by molar-refractivity contribution is 0.0496. The topological polar surface area (TPSA) is 61.3 Å². The number of hydrogen-bond donors (Lipinski definition) is 0. The van der Waals surface area contributed by atoms with Crippen molar-refractivity contribution in [3.05, 3.63) is 42.2 Å². The molecule has 1 atom stereocenters. The van der Waals surface area contributed by atoms with Crippen LogP contribution in [-0.2, 0) is 4.74 Å². The molecule has 0 bridgehead atoms. The highest BCUT2D eigenvalue weighted by atomic mass is 16.5. The Labute approximate surface area is 219 Å². The van der Waals surface area contributed by atoms with Gasteiger partial charge in [-0.1, -0.05) is 97.8 Å². The SMILES string of the molecule is CCCCCCCCCCCOC(=O)c1cnc(-c2ccc(OCCCCCC(C)CC)cc2)nc1. The predicted molar refractivity (Wildman–Crippen MR) is 148 cm³/mol. The van der Waals surface area contributed by atoms with E-state index in [9.17, 15) is 4.79 Å². The molecular weight excluding hydrogens is 448 g/mol. The molecule has 1 heterocycles. The lowest BCUT2D eigenvalue weighted by Gasteiger charge is -2.09. The molecule has 0 aliphatic carbocycles. The number of unbranched alkanes of at least 4 members (excludes halogenated alkanes) is 10. The average molecular weight is 497 g/mol. The molecule has 0 radical (unpaired) electrons. The van der Waals surface area contributed by atoms with Crippen molar-refractivity contribution in [1.82, 2.24) is 9.97 Å². The van der Waals surface area contributed by atoms with E-state index in [0.29, 0.717) is 18.0 Å². The number of benzene rings is 1. The van der Waals surface area contributed by atoms with Crippen LogP contribution in [0.3, 0.4) is 0 Å². The highest BCUT2D eigenvalue weighted by Crippen LogP contribution is 2.20. The summed E-state index contributed by atoms with van der Waals surface area (Å²) < 4.78 is 11.3. The Morgan fingerprint density at radius 2 is 1.36 bits per heavy atom. The van der Waals surface area contributed by atoms with Gasteiger partial charge in [-0.2, -0.15) is 0 Å². The third-order valence-corrected chi connectivity index (χ3v) is 6.79. The molecule has 0 aliphatic heterocycles. The van der Waals surface area contributed by atoms with Gasteiger partial charge in [-0.05, 0) is 43.0 Å². The summed E-state index contributed by atoms with van der Waals surface area (Å²) in [6, 6.07) is 7.81. The van der Waals surface area contributed by atoms with Crippen molar-refractivity contribution in [3.8, 4) is 17.1 Å². The molecule has 1 unspecified atom stereocenters. The smallest absolute Gasteiger partial charge is 0.341 e. The molecule has 0 saturated carbocycles. The molecule has 0 N–H and O–H groups in total. The zero-order valence-electron chi connectivity index (χ0n) is 23.0. The summed E-state index contributed by atoms with van der Waals surface area (Å²) >= 11 is 0. The van der Waals surface area contributed by atoms with Crippen molar-refractivity contribution in [2.75, 3.05) is 13.2 Å². The standard InChI is InChI=1S/C31H48N2O3/c1-4-6-7-8-9-10-11-12-15-23-36-31(34)28-24-32-30(33-25-28)27-18-20-29(21-19-27)35-22-16-13-14-17-26(3)5-2/h18-21,24-26H,4-17,22-23H2,1-3H3. The van der Waals surface area contributed by atoms with Crippen LogP contribution in [0, 0.1) is 5.92 Å². The van der Waals surface area contributed by atoms with E-state index in [0.717, 1.165) is 43.1 Å². The van der Waals surface area contributed by atoms with Gasteiger partial charge in [0.05, 0.1) is 18.8 Å². The van der Waals surface area contributed by atoms with Crippen molar-refractivity contribution in [3.63, 3.8) is 0 Å². The highest BCUT2D eigenvalue weighted by Gasteiger charge is 2.10. The summed E-state index contributed by atoms with van der Waals surface area (Å²) in [6.45, 7) is 8.02. The molecule has 0 aliphatic rings. The minimum atomic E-state index is -0.353. The van der Waals surface area contributed by atoms with Crippen LogP contribution >= 0.6 is 0 Å². The Morgan fingerprint density at radius 3 is 2.00 bits per heavy atom. The predicted octanol–water partition coefficient (Wildman–Crippen LogP) is 8.82. The molecule has 2 aromatic rings. The molecule has 0 saturated heterocycles. The zero-order valence-corrected chi connectivity index (χ0v) is 23.0. The second-order valence-electron chi connectivity index (χ2n) is 10.00. The Bertz CT molecular complexity index is 821. The van der Waals surface area contributed by atoms with Gasteiger partial charge >= 0.3 is 5.97 Å². The maximum absolute atomic E-state index is 12.3. The second-order valence-corrected chi connectivity index (χ2v) is 10.00. The zero-order chi connectivity index (χ0) is 25.8. The van der Waals surface area contributed by atoms with Gasteiger partial charge in [0.15, 0.2) is 5.82 Å². The maximum atomic E-state index is 12.3. The summed E-state index contributed by atoms with van der Waals surface area (Å²) in [4.78, 5) is 21.0. The van der Waals surface area contributed by atoms with E-state index < -0.39 is 0 Å². The number of ether oxygens (including phenoxy) is 2. The van der Waals surface area contributed by atoms with Gasteiger partial charge in [-0.15, -0.1) is 0 Å². The molecule has 5 heteroatoms. The van der Waals surface area contributed by atoms with Crippen molar-refractivity contribution in [1.29, 1.82) is 0 Å². The quantitative estimate of drug-likeness (QED) is 0.135. The Balaban J connectivity index is 1.62. The van der Waals surface area contributed by atoms with Gasteiger partial charge in [0.2, 0.25) is 0 Å². The van der Waals surface area contributed by atoms with E-state index in [-0.39, 0.29) is 5.97 Å². The van der Waals surface area contributed by atoms with E-state index in [2.05, 4.69) is 30.7 Å². The van der Waals surface area contributed by atoms with Gasteiger partial charge in [-0.3, -0.25) is 0 Å². The fourth-order valence-electron chi connectivity index (χ4n) is 4.11. The Kier molecular flexibility index (Phi) is 15.5. The van der Waals surface area contributed by atoms with E-state index in [1.165, 1.54) is 70.6 Å². The molecule has 36 heavy (non-hydrogen) atoms. The Morgan fingerprint density at radius 1 is 0.778 bits per heavy atom. The van der Waals surface area contributed by atoms with Crippen LogP contribution in [0.4, 0.5) is 0 Å². The Hall–Kier alpha value is -2.43. The summed E-state index contributed by atoms with van der Waals surface area (Å²) in [5.41, 5.74) is 1.29. The normalized spacial score (nSPS) is 11.9. The van der Waals surface area contributed by atoms with Crippen LogP contribution in [0.2, 0.25) is 0 Å². The third kappa shape index (κ3) is 12.5. The van der Waals surface area contributed by atoms with Crippen LogP contribution in [0.1, 0.15) is 121 Å². The molecule has 0 fully saturated rings. The number of rotatable bonds is 20. The van der Waals surface area contributed by atoms with Crippen LogP contribution in [-0.4, -0.2) is 29.2 Å². The summed E-state index contributed by atoms with van der Waals surface area (Å²) in [7, 11) is 0. The molecule has 1 aromatic heterocycles. The number of nitrogens with zero attached hydrogens (tertiary/aromatic N) is 2. The van der Waals surface area contributed by atoms with E-state index in [1.807, 2.05) is 24.3 Å². The molecule has 2 rings (SSSR count). The number of aromatic nitrogens is 2. The van der Waals surface area contributed by atoms with E-state index in [1.54, 1.807) is 12.4 Å². The number of carbonyl (C=O) groups excluding carboxylic acids is 1. The lowest BCUT2D eigenvalue weighted by Crippen LogP contribution is -2.08. The number of carbonyl (C=O) groups is 1. The molecule has 0 spiro atoms. The molecule has 5 nitrogen and oxygen atoms in total. The van der Waals surface area contributed by atoms with Crippen molar-refractivity contribution in [2.45, 2.75) is 111 Å². The van der Waals surface area contributed by atoms with Crippen LogP contribution in [0.5, 0.6) is 5.75 Å². The average Bonchev–Trinajstić information content (AvgIpc) is 2.91. The molecule has 0 amide bonds. The van der Waals surface area contributed by atoms with Gasteiger partial charge in [0.1, 0.15) is 5.75 Å². The van der Waals surface area contributed by atoms with Crippen LogP contribution in [0.15, 0.2) is 36.7 Å². The molecule has 200 valence electrons. The first-order valence-corrected chi connectivity index (χ1v) is 14.4. The fraction of sp³-hybridized carbons (Fsp3) is 0.645. The van der Waals surface area contributed by atoms with Crippen molar-refractivity contribution >= 4 is 5.97 Å². The maximum Gasteiger partial charge on any atom is 0.341 e. The van der Waals surface area contributed by atoms with Crippen molar-refractivity contribution in [2.24, 2.45) is 5.92 Å². The van der Waals surface area contributed by atoms with Crippen molar-refractivity contribution < 1.29 is 14.3 Å². The lowest BCUT2D eigenvalue weighted by atomic mass is 10.0. The second kappa shape index (κ2) is 18.8. The first-order chi connectivity index (χ1) is 17.6. The summed E-state index contributed by atoms with van der Waals surface area (Å²) in [5, 5.41) is 0. The largest absolute Gasteiger partial charge is 0.494 e. The first-order valence-electron chi connectivity index (χ1n) is 14.4. The summed E-state index contributed by atoms with van der Waals surface area (Å²) in [6.07, 6.45) is 20.4. The van der Waals surface area contributed by atoms with Gasteiger partial charge in [0, 0.05) is 18.0 Å². The number of hydrogen-bond acceptors (Lipinski definition) is 5. The van der Waals surface area contributed by atoms with Gasteiger partial charge in [-0.25, -0.2) is 14.8 Å². The van der Waals surface area contributed by atoms with Gasteiger partial charge < -0.3 is 9.47 Å². The third-order valence-electron chi connectivity index (χ3n) is 6.79. The molecular formula is C31H48N2O3. The summed E-state index contributed by atoms with van der Waals surface area (Å²) in [5.74, 6) is 1.92. The van der Waals surface area contributed by atoms with Crippen LogP contribution < -0.4 is 4.74 Å². The first kappa shape index (κ1) is 29.8. The minimum Gasteiger partial charge on any atom is -0.494 e. The monoisotopic (exact) mass is 496 g/mol. The van der Waals surface area contributed by atoms with Crippen LogP contribution in [0.25, 0.3) is 11.4 Å².